The van der Waals surface area contributed by atoms with Crippen LogP contribution in [0.5, 0.6) is 0 Å². The third-order valence-corrected chi connectivity index (χ3v) is 6.53. The van der Waals surface area contributed by atoms with E-state index in [1.807, 2.05) is 0 Å². The van der Waals surface area contributed by atoms with E-state index < -0.39 is 15.3 Å². The van der Waals surface area contributed by atoms with Gasteiger partial charge in [-0.1, -0.05) is 37.8 Å². The van der Waals surface area contributed by atoms with Gasteiger partial charge in [-0.2, -0.15) is 0 Å². The first-order chi connectivity index (χ1) is 6.23. The van der Waals surface area contributed by atoms with Crippen LogP contribution in [0.4, 0.5) is 0 Å². The molecule has 0 atom stereocenters. The molecule has 1 aromatic carbocycles. The summed E-state index contributed by atoms with van der Waals surface area (Å²) in [5.74, 6) is 0. The van der Waals surface area contributed by atoms with Gasteiger partial charge < -0.3 is 0 Å². The quantitative estimate of drug-likeness (QED) is 0.536. The number of hydrogen-bond acceptors (Lipinski definition) is 0. The van der Waals surface area contributed by atoms with Gasteiger partial charge >= 0.3 is 0 Å². The van der Waals surface area contributed by atoms with Crippen molar-refractivity contribution in [3.8, 4) is 0 Å². The van der Waals surface area contributed by atoms with E-state index in [0.29, 0.717) is 0 Å². The summed E-state index contributed by atoms with van der Waals surface area (Å²) in [6, 6.07) is 9.05. The predicted octanol–water partition coefficient (Wildman–Crippen LogP) is 2.76. The molecule has 0 saturated heterocycles. The summed E-state index contributed by atoms with van der Waals surface area (Å²) in [5.41, 5.74) is 0. The number of hydrogen-bond donors (Lipinski definition) is 0. The van der Waals surface area contributed by atoms with Crippen LogP contribution >= 0.6 is 7.26 Å². The zero-order valence-electron chi connectivity index (χ0n) is 10.3. The Morgan fingerprint density at radius 1 is 0.929 bits per heavy atom. The lowest BCUT2D eigenvalue weighted by Crippen LogP contribution is -2.46. The third kappa shape index (κ3) is 2.68. The Kier molecular flexibility index (Phi) is 3.23. The van der Waals surface area contributed by atoms with E-state index in [1.165, 1.54) is 0 Å². The summed E-state index contributed by atoms with van der Waals surface area (Å²) in [4.78, 5) is 0. The van der Waals surface area contributed by atoms with Crippen molar-refractivity contribution < 1.29 is 0 Å². The Morgan fingerprint density at radius 2 is 1.43 bits per heavy atom. The van der Waals surface area contributed by atoms with Gasteiger partial charge in [-0.05, 0) is 11.3 Å². The van der Waals surface area contributed by atoms with Crippen LogP contribution in [0, 0.1) is 0 Å². The minimum absolute atomic E-state index is 0.867. The van der Waals surface area contributed by atoms with Crippen LogP contribution < -0.4 is 10.5 Å². The smallest absolute Gasteiger partial charge is 0.0655 e. The average Bonchev–Trinajstić information content (AvgIpc) is 2.01. The van der Waals surface area contributed by atoms with Gasteiger partial charge in [0.2, 0.25) is 0 Å². The van der Waals surface area contributed by atoms with Crippen LogP contribution in [0.3, 0.4) is 0 Å². The Bertz CT molecular complexity index is 285. The topological polar surface area (TPSA) is 0 Å². The van der Waals surface area contributed by atoms with Crippen LogP contribution in [-0.2, 0) is 0 Å². The molecular formula is C12H22PSi+. The molecule has 0 N–H and O–H groups in total. The molecule has 0 saturated carbocycles. The van der Waals surface area contributed by atoms with Gasteiger partial charge in [-0.25, -0.2) is 0 Å². The van der Waals surface area contributed by atoms with Crippen LogP contribution in [0.25, 0.3) is 0 Å². The molecular weight excluding hydrogens is 203 g/mol. The predicted molar refractivity (Wildman–Crippen MR) is 73.7 cm³/mol. The SMILES string of the molecule is C[Si](C)(C)c1ccccc1[P+](C)(C)C. The first kappa shape index (κ1) is 11.9. The van der Waals surface area contributed by atoms with Gasteiger partial charge in [0, 0.05) is 7.26 Å². The molecule has 0 aliphatic rings. The van der Waals surface area contributed by atoms with Crippen LogP contribution in [0.2, 0.25) is 19.6 Å². The molecule has 1 rings (SSSR count). The average molecular weight is 225 g/mol. The molecule has 0 radical (unpaired) electrons. The maximum Gasteiger partial charge on any atom is 0.0922 e. The highest BCUT2D eigenvalue weighted by molar-refractivity contribution is 7.81. The second-order valence-corrected chi connectivity index (χ2v) is 15.3. The zero-order valence-corrected chi connectivity index (χ0v) is 12.2. The van der Waals surface area contributed by atoms with Gasteiger partial charge in [0.05, 0.1) is 33.4 Å². The number of rotatable bonds is 2. The highest BCUT2D eigenvalue weighted by atomic mass is 31.2. The second-order valence-electron chi connectivity index (χ2n) is 5.78. The molecule has 0 spiro atoms. The summed E-state index contributed by atoms with van der Waals surface area (Å²) in [6.07, 6.45) is 0. The number of benzene rings is 1. The van der Waals surface area contributed by atoms with Gasteiger partial charge in [-0.3, -0.25) is 0 Å². The van der Waals surface area contributed by atoms with Crippen molar-refractivity contribution >= 4 is 25.8 Å². The lowest BCUT2D eigenvalue weighted by atomic mass is 10.4. The molecule has 0 amide bonds. The first-order valence-corrected chi connectivity index (χ1v) is 11.8. The fourth-order valence-electron chi connectivity index (χ4n) is 1.69. The molecule has 78 valence electrons. The Hall–Kier alpha value is -0.133. The molecule has 0 bridgehead atoms. The van der Waals surface area contributed by atoms with Crippen LogP contribution in [0.1, 0.15) is 0 Å². The summed E-state index contributed by atoms with van der Waals surface area (Å²) in [6.45, 7) is 14.5. The van der Waals surface area contributed by atoms with E-state index in [2.05, 4.69) is 63.9 Å². The Labute approximate surface area is 90.1 Å². The molecule has 14 heavy (non-hydrogen) atoms. The van der Waals surface area contributed by atoms with E-state index in [1.54, 1.807) is 10.5 Å². The minimum Gasteiger partial charge on any atom is -0.0655 e. The van der Waals surface area contributed by atoms with Crippen molar-refractivity contribution in [3.63, 3.8) is 0 Å². The van der Waals surface area contributed by atoms with Crippen molar-refractivity contribution in [2.75, 3.05) is 20.0 Å². The summed E-state index contributed by atoms with van der Waals surface area (Å²) >= 11 is 0. The molecule has 2 heteroatoms. The fraction of sp³-hybridized carbons (Fsp3) is 0.500. The van der Waals surface area contributed by atoms with Crippen molar-refractivity contribution in [2.24, 2.45) is 0 Å². The molecule has 0 aromatic heterocycles. The maximum absolute atomic E-state index is 2.43. The van der Waals surface area contributed by atoms with E-state index in [0.717, 1.165) is 0 Å². The monoisotopic (exact) mass is 225 g/mol. The largest absolute Gasteiger partial charge is 0.0922 e. The van der Waals surface area contributed by atoms with Gasteiger partial charge in [0.1, 0.15) is 0 Å². The van der Waals surface area contributed by atoms with Crippen LogP contribution in [0.15, 0.2) is 24.3 Å². The highest BCUT2D eigenvalue weighted by Gasteiger charge is 2.30. The van der Waals surface area contributed by atoms with E-state index >= 15 is 0 Å². The zero-order chi connectivity index (χ0) is 11.0. The van der Waals surface area contributed by atoms with Gasteiger partial charge in [0.25, 0.3) is 0 Å². The molecule has 0 heterocycles. The van der Waals surface area contributed by atoms with E-state index in [-0.39, 0.29) is 0 Å². The normalized spacial score (nSPS) is 13.0. The lowest BCUT2D eigenvalue weighted by Gasteiger charge is -2.23. The van der Waals surface area contributed by atoms with Crippen molar-refractivity contribution in [1.82, 2.24) is 0 Å². The highest BCUT2D eigenvalue weighted by Crippen LogP contribution is 2.44. The Balaban J connectivity index is 3.31. The van der Waals surface area contributed by atoms with Crippen LogP contribution in [-0.4, -0.2) is 28.1 Å². The second kappa shape index (κ2) is 3.79. The van der Waals surface area contributed by atoms with Gasteiger partial charge in [0.15, 0.2) is 0 Å². The lowest BCUT2D eigenvalue weighted by molar-refractivity contribution is 1.70. The summed E-state index contributed by atoms with van der Waals surface area (Å²) in [7, 11) is -2.03. The summed E-state index contributed by atoms with van der Waals surface area (Å²) < 4.78 is 0. The summed E-state index contributed by atoms with van der Waals surface area (Å²) in [5, 5.41) is 3.29. The standard InChI is InChI=1S/C12H22PSi/c1-13(2,3)11-9-7-8-10-12(11)14(4,5)6/h7-10H,1-6H3/q+1. The van der Waals surface area contributed by atoms with Crippen molar-refractivity contribution in [1.29, 1.82) is 0 Å². The van der Waals surface area contributed by atoms with Crippen molar-refractivity contribution in [2.45, 2.75) is 19.6 Å². The molecule has 0 fully saturated rings. The van der Waals surface area contributed by atoms with E-state index in [4.69, 9.17) is 0 Å². The molecule has 0 nitrogen and oxygen atoms in total. The Morgan fingerprint density at radius 3 is 1.79 bits per heavy atom. The molecule has 0 unspecified atom stereocenters. The fourth-order valence-corrected chi connectivity index (χ4v) is 6.48. The molecule has 0 aliphatic heterocycles. The molecule has 0 aliphatic carbocycles. The maximum atomic E-state index is 2.43. The van der Waals surface area contributed by atoms with Crippen molar-refractivity contribution in [3.05, 3.63) is 24.3 Å². The third-order valence-electron chi connectivity index (χ3n) is 2.43. The minimum atomic E-state index is -1.16. The molecule has 1 aromatic rings. The first-order valence-electron chi connectivity index (χ1n) is 5.14. The van der Waals surface area contributed by atoms with E-state index in [9.17, 15) is 0 Å². The van der Waals surface area contributed by atoms with Gasteiger partial charge in [-0.15, -0.1) is 0 Å².